The number of nitrogens with two attached hydrogens (primary N) is 1. The van der Waals surface area contributed by atoms with Crippen LogP contribution >= 0.6 is 11.3 Å². The zero-order valence-electron chi connectivity index (χ0n) is 9.86. The molecule has 1 amide bonds. The van der Waals surface area contributed by atoms with E-state index >= 15 is 0 Å². The zero-order valence-corrected chi connectivity index (χ0v) is 10.7. The third kappa shape index (κ3) is 2.10. The Bertz CT molecular complexity index is 408. The van der Waals surface area contributed by atoms with Crippen LogP contribution in [-0.4, -0.2) is 23.5 Å². The SMILES string of the molecule is CC(C)(C)c1cnc(N2CC(N)CC2=O)s1. The van der Waals surface area contributed by atoms with Crippen molar-refractivity contribution in [2.24, 2.45) is 5.73 Å². The van der Waals surface area contributed by atoms with E-state index in [1.807, 2.05) is 6.20 Å². The molecule has 0 saturated carbocycles. The summed E-state index contributed by atoms with van der Waals surface area (Å²) in [6.45, 7) is 7.02. The molecule has 1 aliphatic rings. The maximum atomic E-state index is 11.7. The van der Waals surface area contributed by atoms with E-state index in [9.17, 15) is 4.79 Å². The maximum Gasteiger partial charge on any atom is 0.230 e. The van der Waals surface area contributed by atoms with Gasteiger partial charge in [-0.1, -0.05) is 20.8 Å². The normalized spacial score (nSPS) is 21.9. The fourth-order valence-electron chi connectivity index (χ4n) is 1.66. The van der Waals surface area contributed by atoms with Crippen LogP contribution in [0.3, 0.4) is 0 Å². The third-order valence-electron chi connectivity index (χ3n) is 2.62. The van der Waals surface area contributed by atoms with E-state index in [1.54, 1.807) is 16.2 Å². The molecule has 0 aromatic carbocycles. The molecule has 0 spiro atoms. The molecule has 2 heterocycles. The van der Waals surface area contributed by atoms with Crippen LogP contribution in [0.2, 0.25) is 0 Å². The molecule has 88 valence electrons. The quantitative estimate of drug-likeness (QED) is 0.808. The predicted octanol–water partition coefficient (Wildman–Crippen LogP) is 1.50. The molecule has 0 aliphatic carbocycles. The summed E-state index contributed by atoms with van der Waals surface area (Å²) in [7, 11) is 0. The van der Waals surface area contributed by atoms with Crippen molar-refractivity contribution in [3.63, 3.8) is 0 Å². The third-order valence-corrected chi connectivity index (χ3v) is 4.06. The predicted molar refractivity (Wildman–Crippen MR) is 65.8 cm³/mol. The molecule has 5 heteroatoms. The number of aromatic nitrogens is 1. The summed E-state index contributed by atoms with van der Waals surface area (Å²) in [5.41, 5.74) is 5.84. The number of thiazole rings is 1. The zero-order chi connectivity index (χ0) is 11.9. The van der Waals surface area contributed by atoms with Crippen molar-refractivity contribution in [2.45, 2.75) is 38.6 Å². The second-order valence-electron chi connectivity index (χ2n) is 5.23. The highest BCUT2D eigenvalue weighted by molar-refractivity contribution is 7.15. The van der Waals surface area contributed by atoms with Gasteiger partial charge in [0, 0.05) is 30.1 Å². The average Bonchev–Trinajstić information content (AvgIpc) is 2.70. The molecule has 1 atom stereocenters. The van der Waals surface area contributed by atoms with E-state index in [1.165, 1.54) is 4.88 Å². The second kappa shape index (κ2) is 3.82. The summed E-state index contributed by atoms with van der Waals surface area (Å²) in [6.07, 6.45) is 2.29. The molecule has 1 saturated heterocycles. The number of hydrogen-bond acceptors (Lipinski definition) is 4. The van der Waals surface area contributed by atoms with Gasteiger partial charge in [-0.3, -0.25) is 9.69 Å². The Kier molecular flexibility index (Phi) is 2.75. The van der Waals surface area contributed by atoms with Gasteiger partial charge in [0.15, 0.2) is 5.13 Å². The fourth-order valence-corrected chi connectivity index (χ4v) is 2.66. The van der Waals surface area contributed by atoms with Crippen molar-refractivity contribution < 1.29 is 4.79 Å². The van der Waals surface area contributed by atoms with E-state index < -0.39 is 0 Å². The van der Waals surface area contributed by atoms with E-state index in [2.05, 4.69) is 25.8 Å². The molecular formula is C11H17N3OS. The summed E-state index contributed by atoms with van der Waals surface area (Å²) in [6, 6.07) is -0.0468. The molecule has 1 unspecified atom stereocenters. The van der Waals surface area contributed by atoms with E-state index in [0.717, 1.165) is 5.13 Å². The van der Waals surface area contributed by atoms with Crippen molar-refractivity contribution in [1.29, 1.82) is 0 Å². The number of carbonyl (C=O) groups is 1. The standard InChI is InChI=1S/C11H17N3OS/c1-11(2,3)8-5-13-10(16-8)14-6-7(12)4-9(14)15/h5,7H,4,6,12H2,1-3H3. The summed E-state index contributed by atoms with van der Waals surface area (Å²) in [5, 5.41) is 0.780. The van der Waals surface area contributed by atoms with Gasteiger partial charge in [0.1, 0.15) is 0 Å². The summed E-state index contributed by atoms with van der Waals surface area (Å²) < 4.78 is 0. The van der Waals surface area contributed by atoms with Gasteiger partial charge >= 0.3 is 0 Å². The van der Waals surface area contributed by atoms with Crippen LogP contribution < -0.4 is 10.6 Å². The first-order valence-electron chi connectivity index (χ1n) is 5.40. The molecule has 0 bridgehead atoms. The second-order valence-corrected chi connectivity index (χ2v) is 6.23. The Morgan fingerprint density at radius 3 is 2.69 bits per heavy atom. The highest BCUT2D eigenvalue weighted by Crippen LogP contribution is 2.33. The van der Waals surface area contributed by atoms with Gasteiger partial charge in [-0.2, -0.15) is 0 Å². The first-order chi connectivity index (χ1) is 7.38. The lowest BCUT2D eigenvalue weighted by Crippen LogP contribution is -2.27. The maximum absolute atomic E-state index is 11.7. The van der Waals surface area contributed by atoms with Crippen LogP contribution in [0.25, 0.3) is 0 Å². The van der Waals surface area contributed by atoms with Crippen LogP contribution in [0.5, 0.6) is 0 Å². The van der Waals surface area contributed by atoms with Gasteiger partial charge in [-0.15, -0.1) is 11.3 Å². The molecule has 1 aromatic heterocycles. The summed E-state index contributed by atoms with van der Waals surface area (Å²) in [5.74, 6) is 0.0855. The molecule has 1 aromatic rings. The molecule has 2 rings (SSSR count). The first-order valence-corrected chi connectivity index (χ1v) is 6.22. The van der Waals surface area contributed by atoms with Crippen molar-refractivity contribution in [3.8, 4) is 0 Å². The van der Waals surface area contributed by atoms with Crippen LogP contribution in [0.1, 0.15) is 32.1 Å². The number of hydrogen-bond donors (Lipinski definition) is 1. The van der Waals surface area contributed by atoms with Crippen LogP contribution in [0.15, 0.2) is 6.20 Å². The minimum absolute atomic E-state index is 0.0468. The average molecular weight is 239 g/mol. The number of anilines is 1. The Balaban J connectivity index is 2.23. The van der Waals surface area contributed by atoms with Crippen molar-refractivity contribution in [1.82, 2.24) is 4.98 Å². The van der Waals surface area contributed by atoms with E-state index in [4.69, 9.17) is 5.73 Å². The monoisotopic (exact) mass is 239 g/mol. The first kappa shape index (κ1) is 11.5. The molecule has 4 nitrogen and oxygen atoms in total. The topological polar surface area (TPSA) is 59.2 Å². The molecular weight excluding hydrogens is 222 g/mol. The van der Waals surface area contributed by atoms with Crippen LogP contribution in [0.4, 0.5) is 5.13 Å². The number of carbonyl (C=O) groups excluding carboxylic acids is 1. The molecule has 0 radical (unpaired) electrons. The van der Waals surface area contributed by atoms with Crippen molar-refractivity contribution >= 4 is 22.4 Å². The summed E-state index contributed by atoms with van der Waals surface area (Å²) >= 11 is 1.58. The molecule has 1 aliphatic heterocycles. The number of nitrogens with zero attached hydrogens (tertiary/aromatic N) is 2. The lowest BCUT2D eigenvalue weighted by molar-refractivity contribution is -0.117. The highest BCUT2D eigenvalue weighted by Gasteiger charge is 2.30. The fraction of sp³-hybridized carbons (Fsp3) is 0.636. The minimum Gasteiger partial charge on any atom is -0.326 e. The van der Waals surface area contributed by atoms with Gasteiger partial charge in [-0.05, 0) is 5.41 Å². The summed E-state index contributed by atoms with van der Waals surface area (Å²) in [4.78, 5) is 18.9. The van der Waals surface area contributed by atoms with Gasteiger partial charge in [-0.25, -0.2) is 4.98 Å². The lowest BCUT2D eigenvalue weighted by Gasteiger charge is -2.15. The largest absolute Gasteiger partial charge is 0.326 e. The van der Waals surface area contributed by atoms with Gasteiger partial charge < -0.3 is 5.73 Å². The van der Waals surface area contributed by atoms with Gasteiger partial charge in [0.25, 0.3) is 0 Å². The number of rotatable bonds is 1. The van der Waals surface area contributed by atoms with Gasteiger partial charge in [0.2, 0.25) is 5.91 Å². The number of amides is 1. The van der Waals surface area contributed by atoms with Crippen molar-refractivity contribution in [2.75, 3.05) is 11.4 Å². The minimum atomic E-state index is -0.0468. The lowest BCUT2D eigenvalue weighted by atomic mass is 9.96. The highest BCUT2D eigenvalue weighted by atomic mass is 32.1. The Labute approximate surface area is 99.5 Å². The van der Waals surface area contributed by atoms with Crippen LogP contribution in [0, 0.1) is 0 Å². The Hall–Kier alpha value is -0.940. The molecule has 2 N–H and O–H groups in total. The molecule has 1 fully saturated rings. The van der Waals surface area contributed by atoms with Gasteiger partial charge in [0.05, 0.1) is 0 Å². The van der Waals surface area contributed by atoms with E-state index in [0.29, 0.717) is 13.0 Å². The van der Waals surface area contributed by atoms with Crippen LogP contribution in [-0.2, 0) is 10.2 Å². The van der Waals surface area contributed by atoms with E-state index in [-0.39, 0.29) is 17.4 Å². The molecule has 16 heavy (non-hydrogen) atoms. The van der Waals surface area contributed by atoms with Crippen molar-refractivity contribution in [3.05, 3.63) is 11.1 Å². The Morgan fingerprint density at radius 2 is 2.25 bits per heavy atom. The smallest absolute Gasteiger partial charge is 0.230 e. The Morgan fingerprint density at radius 1 is 1.56 bits per heavy atom.